The molecule has 1 aromatic rings. The van der Waals surface area contributed by atoms with Gasteiger partial charge in [-0.2, -0.15) is 34.8 Å². The number of hydrogen-bond acceptors (Lipinski definition) is 2. The Hall–Kier alpha value is -1.32. The fourth-order valence-electron chi connectivity index (χ4n) is 1.30. The van der Waals surface area contributed by atoms with E-state index in [0.29, 0.717) is 0 Å². The van der Waals surface area contributed by atoms with Crippen LogP contribution in [0.1, 0.15) is 16.7 Å². The summed E-state index contributed by atoms with van der Waals surface area (Å²) in [5, 5.41) is 0. The molecule has 2 nitrogen and oxygen atoms in total. The van der Waals surface area contributed by atoms with E-state index in [1.807, 2.05) is 0 Å². The normalized spacial score (nSPS) is 13.6. The van der Waals surface area contributed by atoms with Crippen LogP contribution >= 0.6 is 0 Å². The zero-order valence-corrected chi connectivity index (χ0v) is 9.63. The van der Waals surface area contributed by atoms with Crippen molar-refractivity contribution in [3.63, 3.8) is 0 Å². The summed E-state index contributed by atoms with van der Waals surface area (Å²) in [4.78, 5) is 0. The molecule has 0 heterocycles. The second-order valence-electron chi connectivity index (χ2n) is 3.60. The zero-order chi connectivity index (χ0) is 15.1. The number of benzene rings is 1. The van der Waals surface area contributed by atoms with Gasteiger partial charge in [-0.3, -0.25) is 0 Å². The highest BCUT2D eigenvalue weighted by molar-refractivity contribution is 7.85. The number of hydrogen-bond donors (Lipinski definition) is 0. The van der Waals surface area contributed by atoms with E-state index in [9.17, 15) is 38.6 Å². The Morgan fingerprint density at radius 1 is 0.842 bits per heavy atom. The van der Waals surface area contributed by atoms with Gasteiger partial charge in [0.15, 0.2) is 0 Å². The summed E-state index contributed by atoms with van der Waals surface area (Å²) in [7, 11) is -5.24. The van der Waals surface area contributed by atoms with Crippen LogP contribution in [0.4, 0.5) is 30.2 Å². The van der Waals surface area contributed by atoms with Crippen LogP contribution in [0.3, 0.4) is 0 Å². The van der Waals surface area contributed by atoms with Gasteiger partial charge in [0.25, 0.3) is 0 Å². The third-order valence-electron chi connectivity index (χ3n) is 1.99. The molecule has 0 aromatic heterocycles. The Balaban J connectivity index is 3.41. The minimum absolute atomic E-state index is 0.159. The SMILES string of the molecule is O=S(=O)(F)Cc1cc(C(F)(F)F)cc(C(F)(F)F)c1. The van der Waals surface area contributed by atoms with Crippen molar-refractivity contribution in [2.24, 2.45) is 0 Å². The molecule has 0 atom stereocenters. The summed E-state index contributed by atoms with van der Waals surface area (Å²) in [6, 6.07) is 0.146. The molecule has 0 fully saturated rings. The lowest BCUT2D eigenvalue weighted by atomic mass is 10.1. The van der Waals surface area contributed by atoms with E-state index >= 15 is 0 Å². The van der Waals surface area contributed by atoms with Gasteiger partial charge in [0.2, 0.25) is 0 Å². The first kappa shape index (κ1) is 15.7. The minimum Gasteiger partial charge on any atom is -0.194 e. The van der Waals surface area contributed by atoms with Gasteiger partial charge in [-0.1, -0.05) is 0 Å². The van der Waals surface area contributed by atoms with Crippen LogP contribution in [-0.4, -0.2) is 8.42 Å². The van der Waals surface area contributed by atoms with Crippen LogP contribution in [-0.2, 0) is 28.3 Å². The topological polar surface area (TPSA) is 34.1 Å². The molecule has 1 aromatic carbocycles. The molecule has 1 rings (SSSR count). The fraction of sp³-hybridized carbons (Fsp3) is 0.333. The zero-order valence-electron chi connectivity index (χ0n) is 8.81. The molecule has 108 valence electrons. The van der Waals surface area contributed by atoms with Crippen LogP contribution < -0.4 is 0 Å². The summed E-state index contributed by atoms with van der Waals surface area (Å²) in [5.74, 6) is -1.56. The van der Waals surface area contributed by atoms with Crippen LogP contribution in [0.25, 0.3) is 0 Å². The lowest BCUT2D eigenvalue weighted by molar-refractivity contribution is -0.143. The van der Waals surface area contributed by atoms with Crippen LogP contribution in [0, 0.1) is 0 Å². The van der Waals surface area contributed by atoms with E-state index in [4.69, 9.17) is 0 Å². The van der Waals surface area contributed by atoms with E-state index in [2.05, 4.69) is 0 Å². The van der Waals surface area contributed by atoms with Crippen LogP contribution in [0.5, 0.6) is 0 Å². The first-order valence-electron chi connectivity index (χ1n) is 4.50. The molecule has 0 saturated heterocycles. The van der Waals surface area contributed by atoms with Gasteiger partial charge in [0.05, 0.1) is 11.1 Å². The van der Waals surface area contributed by atoms with Gasteiger partial charge in [-0.25, -0.2) is 0 Å². The number of halogens is 7. The van der Waals surface area contributed by atoms with Gasteiger partial charge >= 0.3 is 22.6 Å². The predicted octanol–water partition coefficient (Wildman–Crippen LogP) is 3.52. The molecule has 0 aliphatic rings. The third-order valence-corrected chi connectivity index (χ3v) is 2.66. The highest BCUT2D eigenvalue weighted by atomic mass is 32.3. The van der Waals surface area contributed by atoms with E-state index in [1.54, 1.807) is 0 Å². The van der Waals surface area contributed by atoms with Gasteiger partial charge in [-0.05, 0) is 23.8 Å². The molecule has 0 aliphatic carbocycles. The Morgan fingerprint density at radius 2 is 1.21 bits per heavy atom. The largest absolute Gasteiger partial charge is 0.416 e. The van der Waals surface area contributed by atoms with Crippen molar-refractivity contribution in [2.45, 2.75) is 18.1 Å². The summed E-state index contributed by atoms with van der Waals surface area (Å²) in [6.07, 6.45) is -10.2. The molecule has 0 unspecified atom stereocenters. The molecule has 0 aliphatic heterocycles. The van der Waals surface area contributed by atoms with E-state index in [0.717, 1.165) is 0 Å². The van der Waals surface area contributed by atoms with Gasteiger partial charge in [0.1, 0.15) is 5.75 Å². The van der Waals surface area contributed by atoms with Crippen LogP contribution in [0.15, 0.2) is 18.2 Å². The molecule has 0 radical (unpaired) electrons. The summed E-state index contributed by atoms with van der Waals surface area (Å²) in [5.41, 5.74) is -4.31. The van der Waals surface area contributed by atoms with Crippen molar-refractivity contribution in [1.82, 2.24) is 0 Å². The van der Waals surface area contributed by atoms with Crippen molar-refractivity contribution in [3.8, 4) is 0 Å². The molecule has 19 heavy (non-hydrogen) atoms. The number of rotatable bonds is 2. The molecular formula is C9H5F7O2S. The molecular weight excluding hydrogens is 305 g/mol. The molecule has 0 bridgehead atoms. The lowest BCUT2D eigenvalue weighted by Crippen LogP contribution is -2.12. The summed E-state index contributed by atoms with van der Waals surface area (Å²) >= 11 is 0. The Kier molecular flexibility index (Phi) is 3.86. The maximum atomic E-state index is 12.4. The van der Waals surface area contributed by atoms with Gasteiger partial charge < -0.3 is 0 Å². The second-order valence-corrected chi connectivity index (χ2v) is 4.96. The molecule has 0 amide bonds. The Morgan fingerprint density at radius 3 is 1.47 bits per heavy atom. The third kappa shape index (κ3) is 4.69. The summed E-state index contributed by atoms with van der Waals surface area (Å²) in [6.45, 7) is 0. The standard InChI is InChI=1S/C9H5F7O2S/c10-8(11,12)6-1-5(4-19(16,17)18)2-7(3-6)9(13,14)15/h1-3H,4H2. The van der Waals surface area contributed by atoms with Crippen molar-refractivity contribution >= 4 is 10.2 Å². The van der Waals surface area contributed by atoms with Crippen molar-refractivity contribution in [1.29, 1.82) is 0 Å². The predicted molar refractivity (Wildman–Crippen MR) is 50.2 cm³/mol. The maximum Gasteiger partial charge on any atom is 0.416 e. The second kappa shape index (κ2) is 4.66. The summed E-state index contributed by atoms with van der Waals surface area (Å²) < 4.78 is 107. The van der Waals surface area contributed by atoms with E-state index in [-0.39, 0.29) is 18.2 Å². The highest BCUT2D eigenvalue weighted by Gasteiger charge is 2.37. The van der Waals surface area contributed by atoms with Crippen molar-refractivity contribution in [2.75, 3.05) is 0 Å². The molecule has 0 saturated carbocycles. The average molecular weight is 310 g/mol. The minimum atomic E-state index is -5.24. The van der Waals surface area contributed by atoms with Crippen LogP contribution in [0.2, 0.25) is 0 Å². The van der Waals surface area contributed by atoms with Gasteiger partial charge in [0, 0.05) is 0 Å². The maximum absolute atomic E-state index is 12.4. The molecule has 0 N–H and O–H groups in total. The quantitative estimate of drug-likeness (QED) is 0.618. The van der Waals surface area contributed by atoms with E-state index in [1.165, 1.54) is 0 Å². The lowest BCUT2D eigenvalue weighted by Gasteiger charge is -2.13. The average Bonchev–Trinajstić information content (AvgIpc) is 2.11. The van der Waals surface area contributed by atoms with Crippen molar-refractivity contribution in [3.05, 3.63) is 34.9 Å². The monoisotopic (exact) mass is 310 g/mol. The first-order chi connectivity index (χ1) is 8.29. The fourth-order valence-corrected chi connectivity index (χ4v) is 1.87. The Labute approximate surface area is 103 Å². The Bertz CT molecular complexity index is 539. The first-order valence-corrected chi connectivity index (χ1v) is 6.05. The molecule has 10 heteroatoms. The van der Waals surface area contributed by atoms with Crippen molar-refractivity contribution < 1.29 is 38.6 Å². The van der Waals surface area contributed by atoms with Gasteiger partial charge in [-0.15, -0.1) is 3.89 Å². The molecule has 0 spiro atoms. The smallest absolute Gasteiger partial charge is 0.194 e. The highest BCUT2D eigenvalue weighted by Crippen LogP contribution is 2.36. The number of alkyl halides is 6. The van der Waals surface area contributed by atoms with E-state index < -0.39 is 45.0 Å².